The molecule has 19 heavy (non-hydrogen) atoms. The summed E-state index contributed by atoms with van der Waals surface area (Å²) < 4.78 is 5.31. The summed E-state index contributed by atoms with van der Waals surface area (Å²) in [5.74, 6) is -0.0300. The minimum atomic E-state index is -0.0300. The molecule has 2 heterocycles. The van der Waals surface area contributed by atoms with E-state index in [1.54, 1.807) is 6.26 Å². The highest BCUT2D eigenvalue weighted by atomic mass is 16.3. The van der Waals surface area contributed by atoms with E-state index in [0.717, 1.165) is 24.1 Å². The molecule has 0 unspecified atom stereocenters. The molecule has 1 saturated heterocycles. The maximum Gasteiger partial charge on any atom is 0.253 e. The molecule has 0 atom stereocenters. The standard InChI is InChI=1S/C15H18N2O2/c18-15(16-11-17-8-2-1-3-9-17)13-5-4-6-14-12(13)7-10-19-14/h4-7,10H,1-3,8-9,11H2,(H,16,18). The van der Waals surface area contributed by atoms with Crippen molar-refractivity contribution in [2.45, 2.75) is 19.3 Å². The smallest absolute Gasteiger partial charge is 0.253 e. The molecule has 0 radical (unpaired) electrons. The van der Waals surface area contributed by atoms with E-state index >= 15 is 0 Å². The summed E-state index contributed by atoms with van der Waals surface area (Å²) in [6.45, 7) is 2.79. The Morgan fingerprint density at radius 2 is 2.05 bits per heavy atom. The van der Waals surface area contributed by atoms with Crippen LogP contribution in [0.15, 0.2) is 34.9 Å². The zero-order chi connectivity index (χ0) is 13.1. The van der Waals surface area contributed by atoms with E-state index in [1.807, 2.05) is 24.3 Å². The highest BCUT2D eigenvalue weighted by molar-refractivity contribution is 6.05. The van der Waals surface area contributed by atoms with E-state index in [2.05, 4.69) is 10.2 Å². The molecule has 4 heteroatoms. The van der Waals surface area contributed by atoms with Gasteiger partial charge in [-0.1, -0.05) is 12.5 Å². The number of fused-ring (bicyclic) bond motifs is 1. The third-order valence-corrected chi connectivity index (χ3v) is 3.65. The van der Waals surface area contributed by atoms with Crippen molar-refractivity contribution in [2.75, 3.05) is 19.8 Å². The average molecular weight is 258 g/mol. The first-order valence-corrected chi connectivity index (χ1v) is 6.81. The topological polar surface area (TPSA) is 45.5 Å². The average Bonchev–Trinajstić information content (AvgIpc) is 2.94. The number of likely N-dealkylation sites (tertiary alicyclic amines) is 1. The molecule has 1 amide bonds. The Bertz CT molecular complexity index is 570. The molecule has 2 aromatic rings. The van der Waals surface area contributed by atoms with Gasteiger partial charge in [0.15, 0.2) is 0 Å². The number of carbonyl (C=O) groups is 1. The highest BCUT2D eigenvalue weighted by Crippen LogP contribution is 2.19. The largest absolute Gasteiger partial charge is 0.464 e. The lowest BCUT2D eigenvalue weighted by Crippen LogP contribution is -2.40. The molecule has 4 nitrogen and oxygen atoms in total. The normalized spacial score (nSPS) is 16.6. The van der Waals surface area contributed by atoms with Gasteiger partial charge in [0.05, 0.1) is 18.5 Å². The molecule has 0 saturated carbocycles. The fourth-order valence-electron chi connectivity index (χ4n) is 2.59. The Morgan fingerprint density at radius 1 is 1.21 bits per heavy atom. The fourth-order valence-corrected chi connectivity index (χ4v) is 2.59. The molecule has 3 rings (SSSR count). The Hall–Kier alpha value is -1.81. The van der Waals surface area contributed by atoms with E-state index in [9.17, 15) is 4.79 Å². The van der Waals surface area contributed by atoms with Crippen molar-refractivity contribution in [1.82, 2.24) is 10.2 Å². The second-order valence-corrected chi connectivity index (χ2v) is 4.98. The number of hydrogen-bond acceptors (Lipinski definition) is 3. The molecule has 1 aromatic carbocycles. The summed E-state index contributed by atoms with van der Waals surface area (Å²) in [5.41, 5.74) is 1.44. The quantitative estimate of drug-likeness (QED) is 0.920. The van der Waals surface area contributed by atoms with E-state index in [1.165, 1.54) is 19.3 Å². The molecule has 1 aliphatic heterocycles. The van der Waals surface area contributed by atoms with Crippen LogP contribution in [0.25, 0.3) is 11.0 Å². The predicted octanol–water partition coefficient (Wildman–Crippen LogP) is 2.61. The first-order valence-electron chi connectivity index (χ1n) is 6.81. The molecule has 0 bridgehead atoms. The van der Waals surface area contributed by atoms with Gasteiger partial charge in [0.25, 0.3) is 5.91 Å². The predicted molar refractivity (Wildman–Crippen MR) is 74.0 cm³/mol. The van der Waals surface area contributed by atoms with E-state index in [4.69, 9.17) is 4.42 Å². The molecular weight excluding hydrogens is 240 g/mol. The Kier molecular flexibility index (Phi) is 3.51. The van der Waals surface area contributed by atoms with Crippen LogP contribution in [0.5, 0.6) is 0 Å². The lowest BCUT2D eigenvalue weighted by molar-refractivity contribution is 0.0916. The number of piperidine rings is 1. The SMILES string of the molecule is O=C(NCN1CCCCC1)c1cccc2occc12. The monoisotopic (exact) mass is 258 g/mol. The zero-order valence-electron chi connectivity index (χ0n) is 10.9. The Morgan fingerprint density at radius 3 is 2.89 bits per heavy atom. The molecule has 0 aliphatic carbocycles. The minimum absolute atomic E-state index is 0.0300. The van der Waals surface area contributed by atoms with Crippen LogP contribution in [0.3, 0.4) is 0 Å². The third-order valence-electron chi connectivity index (χ3n) is 3.65. The maximum absolute atomic E-state index is 12.2. The van der Waals surface area contributed by atoms with Gasteiger partial charge in [-0.05, 0) is 44.1 Å². The van der Waals surface area contributed by atoms with Gasteiger partial charge in [0.1, 0.15) is 5.58 Å². The number of carbonyl (C=O) groups excluding carboxylic acids is 1. The number of amides is 1. The van der Waals surface area contributed by atoms with Crippen molar-refractivity contribution in [3.05, 3.63) is 36.1 Å². The van der Waals surface area contributed by atoms with Gasteiger partial charge in [0, 0.05) is 5.39 Å². The Balaban J connectivity index is 1.68. The molecule has 1 N–H and O–H groups in total. The van der Waals surface area contributed by atoms with Crippen molar-refractivity contribution in [3.8, 4) is 0 Å². The molecular formula is C15H18N2O2. The van der Waals surface area contributed by atoms with Gasteiger partial charge in [0.2, 0.25) is 0 Å². The van der Waals surface area contributed by atoms with E-state index in [0.29, 0.717) is 12.2 Å². The van der Waals surface area contributed by atoms with Crippen molar-refractivity contribution in [3.63, 3.8) is 0 Å². The summed E-state index contributed by atoms with van der Waals surface area (Å²) in [7, 11) is 0. The number of nitrogens with one attached hydrogen (secondary N) is 1. The van der Waals surface area contributed by atoms with Crippen LogP contribution < -0.4 is 5.32 Å². The first kappa shape index (κ1) is 12.2. The van der Waals surface area contributed by atoms with Gasteiger partial charge < -0.3 is 9.73 Å². The van der Waals surface area contributed by atoms with Crippen LogP contribution in [-0.2, 0) is 0 Å². The molecule has 1 aliphatic rings. The van der Waals surface area contributed by atoms with Crippen LogP contribution in [-0.4, -0.2) is 30.6 Å². The van der Waals surface area contributed by atoms with Crippen LogP contribution in [0.2, 0.25) is 0 Å². The first-order chi connectivity index (χ1) is 9.34. The van der Waals surface area contributed by atoms with Gasteiger partial charge in [-0.2, -0.15) is 0 Å². The lowest BCUT2D eigenvalue weighted by atomic mass is 10.1. The van der Waals surface area contributed by atoms with Crippen molar-refractivity contribution >= 4 is 16.9 Å². The second-order valence-electron chi connectivity index (χ2n) is 4.98. The summed E-state index contributed by atoms with van der Waals surface area (Å²) >= 11 is 0. The van der Waals surface area contributed by atoms with Gasteiger partial charge >= 0.3 is 0 Å². The van der Waals surface area contributed by atoms with Gasteiger partial charge in [-0.3, -0.25) is 9.69 Å². The van der Waals surface area contributed by atoms with Crippen LogP contribution in [0.1, 0.15) is 29.6 Å². The molecule has 1 aromatic heterocycles. The lowest BCUT2D eigenvalue weighted by Gasteiger charge is -2.26. The Labute approximate surface area is 112 Å². The molecule has 0 spiro atoms. The second kappa shape index (κ2) is 5.45. The summed E-state index contributed by atoms with van der Waals surface area (Å²) in [6.07, 6.45) is 5.38. The van der Waals surface area contributed by atoms with Gasteiger partial charge in [-0.15, -0.1) is 0 Å². The summed E-state index contributed by atoms with van der Waals surface area (Å²) in [5, 5.41) is 3.87. The number of nitrogens with zero attached hydrogens (tertiary/aromatic N) is 1. The van der Waals surface area contributed by atoms with Crippen molar-refractivity contribution < 1.29 is 9.21 Å². The van der Waals surface area contributed by atoms with E-state index in [-0.39, 0.29) is 5.91 Å². The number of rotatable bonds is 3. The highest BCUT2D eigenvalue weighted by Gasteiger charge is 2.14. The van der Waals surface area contributed by atoms with Crippen LogP contribution in [0, 0.1) is 0 Å². The fraction of sp³-hybridized carbons (Fsp3) is 0.400. The van der Waals surface area contributed by atoms with Crippen LogP contribution in [0.4, 0.5) is 0 Å². The van der Waals surface area contributed by atoms with Crippen molar-refractivity contribution in [1.29, 1.82) is 0 Å². The number of hydrogen-bond donors (Lipinski definition) is 1. The van der Waals surface area contributed by atoms with E-state index < -0.39 is 0 Å². The molecule has 1 fully saturated rings. The van der Waals surface area contributed by atoms with Crippen molar-refractivity contribution in [2.24, 2.45) is 0 Å². The third kappa shape index (κ3) is 2.63. The van der Waals surface area contributed by atoms with Crippen LogP contribution >= 0.6 is 0 Å². The summed E-state index contributed by atoms with van der Waals surface area (Å²) in [4.78, 5) is 14.5. The maximum atomic E-state index is 12.2. The zero-order valence-corrected chi connectivity index (χ0v) is 10.9. The molecule has 100 valence electrons. The summed E-state index contributed by atoms with van der Waals surface area (Å²) in [6, 6.07) is 7.40. The minimum Gasteiger partial charge on any atom is -0.464 e. The van der Waals surface area contributed by atoms with Gasteiger partial charge in [-0.25, -0.2) is 0 Å². The number of benzene rings is 1. The number of furan rings is 1.